The molecule has 1 aromatic carbocycles. The van der Waals surface area contributed by atoms with E-state index in [2.05, 4.69) is 26.0 Å². The maximum Gasteiger partial charge on any atom is 0.257 e. The molecule has 3 amide bonds. The number of nitrogens with zero attached hydrogens (tertiary/aromatic N) is 3. The van der Waals surface area contributed by atoms with E-state index in [1.807, 2.05) is 0 Å². The number of hydrogen-bond acceptors (Lipinski definition) is 7. The number of nitrogens with one attached hydrogen (secondary N) is 3. The van der Waals surface area contributed by atoms with Gasteiger partial charge in [0.25, 0.3) is 11.8 Å². The second-order valence-electron chi connectivity index (χ2n) is 7.73. The summed E-state index contributed by atoms with van der Waals surface area (Å²) in [5.41, 5.74) is 1.09. The number of ether oxygens (including phenoxy) is 2. The molecule has 3 heterocycles. The summed E-state index contributed by atoms with van der Waals surface area (Å²) in [5.74, 6) is -0.0617. The molecule has 1 aliphatic rings. The Hall–Kier alpha value is -4.15. The van der Waals surface area contributed by atoms with Gasteiger partial charge in [-0.25, -0.2) is 9.50 Å². The Labute approximate surface area is 195 Å². The van der Waals surface area contributed by atoms with Gasteiger partial charge in [-0.15, -0.1) is 0 Å². The van der Waals surface area contributed by atoms with Crippen molar-refractivity contribution in [3.63, 3.8) is 0 Å². The van der Waals surface area contributed by atoms with E-state index in [1.54, 1.807) is 36.7 Å². The van der Waals surface area contributed by atoms with Gasteiger partial charge in [-0.05, 0) is 37.5 Å². The predicted octanol–water partition coefficient (Wildman–Crippen LogP) is 0.945. The minimum absolute atomic E-state index is 0.137. The van der Waals surface area contributed by atoms with Crippen LogP contribution in [0.4, 0.5) is 0 Å². The zero-order valence-corrected chi connectivity index (χ0v) is 18.7. The topological polar surface area (TPSA) is 136 Å². The van der Waals surface area contributed by atoms with Gasteiger partial charge < -0.3 is 25.4 Å². The fraction of sp³-hybridized carbons (Fsp3) is 0.348. The molecule has 0 saturated carbocycles. The van der Waals surface area contributed by atoms with Gasteiger partial charge in [0.05, 0.1) is 25.4 Å². The Bertz CT molecular complexity index is 1190. The fourth-order valence-corrected chi connectivity index (χ4v) is 3.66. The molecule has 11 nitrogen and oxygen atoms in total. The van der Waals surface area contributed by atoms with Crippen LogP contribution in [0.15, 0.2) is 42.9 Å². The summed E-state index contributed by atoms with van der Waals surface area (Å²) >= 11 is 0. The number of carbonyl (C=O) groups is 3. The van der Waals surface area contributed by atoms with Crippen LogP contribution in [0.2, 0.25) is 0 Å². The van der Waals surface area contributed by atoms with E-state index in [-0.39, 0.29) is 30.5 Å². The van der Waals surface area contributed by atoms with E-state index in [0.717, 1.165) is 0 Å². The summed E-state index contributed by atoms with van der Waals surface area (Å²) in [5, 5.41) is 12.6. The molecular weight excluding hydrogens is 440 g/mol. The van der Waals surface area contributed by atoms with Crippen LogP contribution in [-0.4, -0.2) is 65.2 Å². The van der Waals surface area contributed by atoms with Crippen molar-refractivity contribution in [1.82, 2.24) is 30.5 Å². The lowest BCUT2D eigenvalue weighted by atomic mass is 10.1. The average molecular weight is 466 g/mol. The molecule has 4 rings (SSSR count). The lowest BCUT2D eigenvalue weighted by Crippen LogP contribution is -2.47. The van der Waals surface area contributed by atoms with Crippen molar-refractivity contribution >= 4 is 23.4 Å². The molecule has 1 atom stereocenters. The van der Waals surface area contributed by atoms with Crippen molar-refractivity contribution in [3.8, 4) is 11.5 Å². The Morgan fingerprint density at radius 1 is 1.24 bits per heavy atom. The average Bonchev–Trinajstić information content (AvgIpc) is 3.29. The fourth-order valence-electron chi connectivity index (χ4n) is 3.66. The van der Waals surface area contributed by atoms with Gasteiger partial charge in [-0.2, -0.15) is 5.10 Å². The molecule has 34 heavy (non-hydrogen) atoms. The van der Waals surface area contributed by atoms with Gasteiger partial charge in [0.15, 0.2) is 5.65 Å². The number of amides is 3. The molecule has 3 aromatic rings. The molecule has 1 aliphatic heterocycles. The second-order valence-corrected chi connectivity index (χ2v) is 7.73. The molecule has 0 unspecified atom stereocenters. The lowest BCUT2D eigenvalue weighted by Gasteiger charge is -2.19. The monoisotopic (exact) mass is 466 g/mol. The molecule has 0 aliphatic carbocycles. The van der Waals surface area contributed by atoms with Crippen LogP contribution in [0.5, 0.6) is 11.5 Å². The van der Waals surface area contributed by atoms with Crippen LogP contribution in [0, 0.1) is 0 Å². The SMILES string of the molecule is COc1ccc2c(c1)OCCNC(=O)[C@@H](NC(=O)c1cnn3cccnc13)CCCCNC2=O. The third kappa shape index (κ3) is 5.25. The van der Waals surface area contributed by atoms with Crippen LogP contribution in [0.3, 0.4) is 0 Å². The molecule has 0 radical (unpaired) electrons. The standard InChI is InChI=1S/C23H26N6O5/c1-33-15-6-7-16-19(13-15)34-12-10-26-23(32)18(5-2-3-8-25-21(16)30)28-22(31)17-14-27-29-11-4-9-24-20(17)29/h4,6-7,9,11,13-14,18H,2-3,5,8,10,12H2,1H3,(H,25,30)(H,26,32)(H,28,31)/t18-/m0/s1. The number of rotatable bonds is 3. The summed E-state index contributed by atoms with van der Waals surface area (Å²) < 4.78 is 12.5. The number of hydrogen-bond donors (Lipinski definition) is 3. The van der Waals surface area contributed by atoms with E-state index in [0.29, 0.717) is 48.5 Å². The normalized spacial score (nSPS) is 17.5. The second kappa shape index (κ2) is 10.6. The maximum atomic E-state index is 12.9. The first-order valence-electron chi connectivity index (χ1n) is 11.0. The molecule has 11 heteroatoms. The molecule has 178 valence electrons. The Kier molecular flexibility index (Phi) is 7.21. The largest absolute Gasteiger partial charge is 0.497 e. The van der Waals surface area contributed by atoms with E-state index >= 15 is 0 Å². The van der Waals surface area contributed by atoms with Gasteiger partial charge >= 0.3 is 0 Å². The Balaban J connectivity index is 1.45. The molecule has 3 N–H and O–H groups in total. The van der Waals surface area contributed by atoms with E-state index in [9.17, 15) is 14.4 Å². The Morgan fingerprint density at radius 3 is 2.97 bits per heavy atom. The number of aromatic nitrogens is 3. The third-order valence-corrected chi connectivity index (χ3v) is 5.44. The highest BCUT2D eigenvalue weighted by Crippen LogP contribution is 2.25. The zero-order chi connectivity index (χ0) is 23.9. The Morgan fingerprint density at radius 2 is 2.12 bits per heavy atom. The van der Waals surface area contributed by atoms with E-state index in [4.69, 9.17) is 9.47 Å². The summed E-state index contributed by atoms with van der Waals surface area (Å²) in [4.78, 5) is 42.5. The summed E-state index contributed by atoms with van der Waals surface area (Å²) in [6.45, 7) is 0.754. The van der Waals surface area contributed by atoms with Crippen molar-refractivity contribution in [2.24, 2.45) is 0 Å². The predicted molar refractivity (Wildman–Crippen MR) is 122 cm³/mol. The molecule has 0 fully saturated rings. The van der Waals surface area contributed by atoms with Crippen LogP contribution in [-0.2, 0) is 4.79 Å². The van der Waals surface area contributed by atoms with Crippen LogP contribution >= 0.6 is 0 Å². The number of benzene rings is 1. The van der Waals surface area contributed by atoms with Crippen molar-refractivity contribution in [2.75, 3.05) is 26.8 Å². The third-order valence-electron chi connectivity index (χ3n) is 5.44. The smallest absolute Gasteiger partial charge is 0.257 e. The lowest BCUT2D eigenvalue weighted by molar-refractivity contribution is -0.123. The summed E-state index contributed by atoms with van der Waals surface area (Å²) in [6.07, 6.45) is 6.36. The zero-order valence-electron chi connectivity index (χ0n) is 18.7. The highest BCUT2D eigenvalue weighted by atomic mass is 16.5. The molecule has 0 bridgehead atoms. The minimum atomic E-state index is -0.753. The van der Waals surface area contributed by atoms with Gasteiger partial charge in [0, 0.05) is 25.0 Å². The number of methoxy groups -OCH3 is 1. The summed E-state index contributed by atoms with van der Waals surface area (Å²) in [6, 6.07) is 5.93. The van der Waals surface area contributed by atoms with Gasteiger partial charge in [0.2, 0.25) is 5.91 Å². The quantitative estimate of drug-likeness (QED) is 0.523. The molecule has 0 saturated heterocycles. The van der Waals surface area contributed by atoms with Crippen molar-refractivity contribution in [1.29, 1.82) is 0 Å². The van der Waals surface area contributed by atoms with Crippen LogP contribution < -0.4 is 25.4 Å². The summed E-state index contributed by atoms with van der Waals surface area (Å²) in [7, 11) is 1.53. The minimum Gasteiger partial charge on any atom is -0.497 e. The number of fused-ring (bicyclic) bond motifs is 2. The van der Waals surface area contributed by atoms with Crippen molar-refractivity contribution in [2.45, 2.75) is 25.3 Å². The van der Waals surface area contributed by atoms with Crippen LogP contribution in [0.25, 0.3) is 5.65 Å². The molecule has 0 spiro atoms. The highest BCUT2D eigenvalue weighted by molar-refractivity contribution is 6.01. The highest BCUT2D eigenvalue weighted by Gasteiger charge is 2.23. The van der Waals surface area contributed by atoms with E-state index < -0.39 is 11.9 Å². The van der Waals surface area contributed by atoms with E-state index in [1.165, 1.54) is 17.8 Å². The first-order valence-corrected chi connectivity index (χ1v) is 11.0. The van der Waals surface area contributed by atoms with Gasteiger partial charge in [0.1, 0.15) is 29.7 Å². The molecule has 2 aromatic heterocycles. The van der Waals surface area contributed by atoms with Gasteiger partial charge in [-0.1, -0.05) is 0 Å². The van der Waals surface area contributed by atoms with Crippen molar-refractivity contribution in [3.05, 3.63) is 54.0 Å². The first kappa shape index (κ1) is 23.0. The van der Waals surface area contributed by atoms with Gasteiger partial charge in [-0.3, -0.25) is 14.4 Å². The molecular formula is C23H26N6O5. The first-order chi connectivity index (χ1) is 16.6. The maximum absolute atomic E-state index is 12.9. The number of carbonyl (C=O) groups excluding carboxylic acids is 3. The van der Waals surface area contributed by atoms with Crippen molar-refractivity contribution < 1.29 is 23.9 Å². The van der Waals surface area contributed by atoms with Crippen LogP contribution in [0.1, 0.15) is 40.0 Å².